The highest BCUT2D eigenvalue weighted by molar-refractivity contribution is 7.88. The number of ether oxygens (including phenoxy) is 1. The van der Waals surface area contributed by atoms with E-state index in [1.165, 1.54) is 6.26 Å². The maximum atomic E-state index is 11.5. The van der Waals surface area contributed by atoms with E-state index in [0.29, 0.717) is 25.2 Å². The first-order valence-corrected chi connectivity index (χ1v) is 8.87. The highest BCUT2D eigenvalue weighted by Crippen LogP contribution is 2.17. The molecule has 7 heteroatoms. The molecule has 0 spiro atoms. The fourth-order valence-corrected chi connectivity index (χ4v) is 3.78. The Balaban J connectivity index is 1.92. The summed E-state index contributed by atoms with van der Waals surface area (Å²) in [5, 5.41) is 3.52. The van der Waals surface area contributed by atoms with Gasteiger partial charge in [-0.15, -0.1) is 0 Å². The molecule has 112 valence electrons. The van der Waals surface area contributed by atoms with Gasteiger partial charge < -0.3 is 10.1 Å². The van der Waals surface area contributed by atoms with Crippen molar-refractivity contribution < 1.29 is 13.2 Å². The van der Waals surface area contributed by atoms with Gasteiger partial charge in [-0.3, -0.25) is 4.90 Å². The van der Waals surface area contributed by atoms with Crippen LogP contribution in [0.1, 0.15) is 13.3 Å². The first-order valence-electron chi connectivity index (χ1n) is 7.02. The van der Waals surface area contributed by atoms with Crippen molar-refractivity contribution in [2.45, 2.75) is 25.4 Å². The summed E-state index contributed by atoms with van der Waals surface area (Å²) < 4.78 is 30.2. The summed E-state index contributed by atoms with van der Waals surface area (Å²) in [6.07, 6.45) is 2.32. The number of nitrogens with one attached hydrogen (secondary N) is 1. The average Bonchev–Trinajstić information content (AvgIpc) is 2.39. The number of piperazine rings is 1. The molecule has 0 aromatic rings. The van der Waals surface area contributed by atoms with E-state index in [2.05, 4.69) is 17.1 Å². The van der Waals surface area contributed by atoms with Gasteiger partial charge in [-0.25, -0.2) is 8.42 Å². The minimum absolute atomic E-state index is 0.371. The standard InChI is InChI=1S/C12H25N3O3S/c1-3-13-11-4-9-18-10-12(11)14-5-7-15(8-6-14)19(2,16)17/h11-13H,3-10H2,1-2H3. The van der Waals surface area contributed by atoms with Crippen LogP contribution in [0.25, 0.3) is 0 Å². The van der Waals surface area contributed by atoms with E-state index in [0.717, 1.165) is 39.3 Å². The predicted octanol–water partition coefficient (Wildman–Crippen LogP) is -0.669. The molecule has 0 saturated carbocycles. The quantitative estimate of drug-likeness (QED) is 0.744. The Morgan fingerprint density at radius 1 is 1.26 bits per heavy atom. The van der Waals surface area contributed by atoms with Gasteiger partial charge in [0.05, 0.1) is 12.9 Å². The second-order valence-electron chi connectivity index (χ2n) is 5.29. The summed E-state index contributed by atoms with van der Waals surface area (Å²) in [6.45, 7) is 7.42. The van der Waals surface area contributed by atoms with Crippen LogP contribution in [0.2, 0.25) is 0 Å². The monoisotopic (exact) mass is 291 g/mol. The van der Waals surface area contributed by atoms with Crippen molar-refractivity contribution in [2.24, 2.45) is 0 Å². The van der Waals surface area contributed by atoms with Crippen LogP contribution in [0.15, 0.2) is 0 Å². The first kappa shape index (κ1) is 15.2. The Labute approximate surface area is 116 Å². The molecular formula is C12H25N3O3S. The van der Waals surface area contributed by atoms with Crippen molar-refractivity contribution in [3.05, 3.63) is 0 Å². The van der Waals surface area contributed by atoms with E-state index in [9.17, 15) is 8.42 Å². The highest BCUT2D eigenvalue weighted by Gasteiger charge is 2.33. The first-order chi connectivity index (χ1) is 9.02. The predicted molar refractivity (Wildman–Crippen MR) is 74.7 cm³/mol. The zero-order chi connectivity index (χ0) is 13.9. The van der Waals surface area contributed by atoms with Crippen molar-refractivity contribution in [2.75, 3.05) is 52.2 Å². The van der Waals surface area contributed by atoms with Crippen LogP contribution >= 0.6 is 0 Å². The molecule has 2 fully saturated rings. The zero-order valence-electron chi connectivity index (χ0n) is 11.8. The number of rotatable bonds is 4. The van der Waals surface area contributed by atoms with Crippen molar-refractivity contribution in [3.8, 4) is 0 Å². The third-order valence-electron chi connectivity index (χ3n) is 4.00. The summed E-state index contributed by atoms with van der Waals surface area (Å²) in [4.78, 5) is 2.37. The van der Waals surface area contributed by atoms with E-state index < -0.39 is 10.0 Å². The zero-order valence-corrected chi connectivity index (χ0v) is 12.7. The molecule has 2 rings (SSSR count). The lowest BCUT2D eigenvalue weighted by Gasteiger charge is -2.43. The fraction of sp³-hybridized carbons (Fsp3) is 1.00. The molecule has 0 aromatic carbocycles. The van der Waals surface area contributed by atoms with Crippen molar-refractivity contribution >= 4 is 10.0 Å². The van der Waals surface area contributed by atoms with Crippen LogP contribution in [-0.2, 0) is 14.8 Å². The SMILES string of the molecule is CCNC1CCOCC1N1CCN(S(C)(=O)=O)CC1. The van der Waals surface area contributed by atoms with Crippen molar-refractivity contribution in [1.29, 1.82) is 0 Å². The molecule has 2 heterocycles. The summed E-state index contributed by atoms with van der Waals surface area (Å²) in [7, 11) is -3.04. The maximum absolute atomic E-state index is 11.5. The van der Waals surface area contributed by atoms with Crippen LogP contribution in [0.3, 0.4) is 0 Å². The Bertz CT molecular complexity index is 378. The number of nitrogens with zero attached hydrogens (tertiary/aromatic N) is 2. The molecule has 6 nitrogen and oxygen atoms in total. The topological polar surface area (TPSA) is 61.9 Å². The summed E-state index contributed by atoms with van der Waals surface area (Å²) in [5.41, 5.74) is 0. The fourth-order valence-electron chi connectivity index (χ4n) is 2.95. The molecule has 0 aromatic heterocycles. The molecule has 0 amide bonds. The number of sulfonamides is 1. The number of likely N-dealkylation sites (N-methyl/N-ethyl adjacent to an activating group) is 1. The van der Waals surface area contributed by atoms with E-state index in [1.54, 1.807) is 4.31 Å². The lowest BCUT2D eigenvalue weighted by atomic mass is 10.0. The van der Waals surface area contributed by atoms with Gasteiger partial charge in [-0.05, 0) is 13.0 Å². The second-order valence-corrected chi connectivity index (χ2v) is 7.28. The number of hydrogen-bond acceptors (Lipinski definition) is 5. The Morgan fingerprint density at radius 3 is 2.53 bits per heavy atom. The third kappa shape index (κ3) is 3.88. The molecule has 1 N–H and O–H groups in total. The normalized spacial score (nSPS) is 31.5. The van der Waals surface area contributed by atoms with E-state index in [-0.39, 0.29) is 0 Å². The summed E-state index contributed by atoms with van der Waals surface area (Å²) in [6, 6.07) is 0.832. The van der Waals surface area contributed by atoms with Crippen LogP contribution < -0.4 is 5.32 Å². The second kappa shape index (κ2) is 6.49. The molecule has 19 heavy (non-hydrogen) atoms. The van der Waals surface area contributed by atoms with E-state index in [4.69, 9.17) is 4.74 Å². The van der Waals surface area contributed by atoms with Gasteiger partial charge in [-0.1, -0.05) is 6.92 Å². The maximum Gasteiger partial charge on any atom is 0.211 e. The molecule has 2 atom stereocenters. The number of hydrogen-bond donors (Lipinski definition) is 1. The Morgan fingerprint density at radius 2 is 1.95 bits per heavy atom. The largest absolute Gasteiger partial charge is 0.380 e. The van der Waals surface area contributed by atoms with E-state index in [1.807, 2.05) is 0 Å². The van der Waals surface area contributed by atoms with Gasteiger partial charge in [0.25, 0.3) is 0 Å². The molecule has 0 bridgehead atoms. The van der Waals surface area contributed by atoms with Crippen LogP contribution in [-0.4, -0.2) is 81.9 Å². The highest BCUT2D eigenvalue weighted by atomic mass is 32.2. The average molecular weight is 291 g/mol. The van der Waals surface area contributed by atoms with Gasteiger partial charge in [0.1, 0.15) is 0 Å². The van der Waals surface area contributed by atoms with Crippen LogP contribution in [0, 0.1) is 0 Å². The Hall–Kier alpha value is -0.210. The van der Waals surface area contributed by atoms with Crippen LogP contribution in [0.4, 0.5) is 0 Å². The molecule has 2 saturated heterocycles. The van der Waals surface area contributed by atoms with Gasteiger partial charge in [0, 0.05) is 44.9 Å². The molecule has 2 aliphatic rings. The van der Waals surface area contributed by atoms with Gasteiger partial charge in [0.2, 0.25) is 10.0 Å². The minimum atomic E-state index is -3.04. The third-order valence-corrected chi connectivity index (χ3v) is 5.31. The van der Waals surface area contributed by atoms with Gasteiger partial charge in [0.15, 0.2) is 0 Å². The van der Waals surface area contributed by atoms with Crippen molar-refractivity contribution in [1.82, 2.24) is 14.5 Å². The Kier molecular flexibility index (Phi) is 5.19. The molecule has 0 aliphatic carbocycles. The summed E-state index contributed by atoms with van der Waals surface area (Å²) >= 11 is 0. The smallest absolute Gasteiger partial charge is 0.211 e. The van der Waals surface area contributed by atoms with Gasteiger partial charge in [-0.2, -0.15) is 4.31 Å². The molecule has 2 unspecified atom stereocenters. The molecular weight excluding hydrogens is 266 g/mol. The minimum Gasteiger partial charge on any atom is -0.380 e. The molecule has 2 aliphatic heterocycles. The van der Waals surface area contributed by atoms with Crippen LogP contribution in [0.5, 0.6) is 0 Å². The molecule has 0 radical (unpaired) electrons. The van der Waals surface area contributed by atoms with Crippen molar-refractivity contribution in [3.63, 3.8) is 0 Å². The lowest BCUT2D eigenvalue weighted by Crippen LogP contribution is -2.60. The lowest BCUT2D eigenvalue weighted by molar-refractivity contribution is -0.0125. The van der Waals surface area contributed by atoms with Gasteiger partial charge >= 0.3 is 0 Å². The summed E-state index contributed by atoms with van der Waals surface area (Å²) in [5.74, 6) is 0. The van der Waals surface area contributed by atoms with E-state index >= 15 is 0 Å².